The number of anilines is 1. The molecule has 0 fully saturated rings. The van der Waals surface area contributed by atoms with Crippen molar-refractivity contribution in [2.45, 2.75) is 13.5 Å². The average molecular weight is 294 g/mol. The summed E-state index contributed by atoms with van der Waals surface area (Å²) in [4.78, 5) is 16.4. The summed E-state index contributed by atoms with van der Waals surface area (Å²) in [5.74, 6) is -0.451. The second-order valence-electron chi connectivity index (χ2n) is 4.77. The summed E-state index contributed by atoms with van der Waals surface area (Å²) in [5.41, 5.74) is 1.86. The van der Waals surface area contributed by atoms with E-state index < -0.39 is 0 Å². The van der Waals surface area contributed by atoms with Gasteiger partial charge in [0.25, 0.3) is 5.91 Å². The van der Waals surface area contributed by atoms with Gasteiger partial charge in [-0.1, -0.05) is 48.5 Å². The van der Waals surface area contributed by atoms with Gasteiger partial charge in [-0.15, -0.1) is 0 Å². The lowest BCUT2D eigenvalue weighted by atomic mass is 10.2. The fourth-order valence-electron chi connectivity index (χ4n) is 1.86. The zero-order valence-corrected chi connectivity index (χ0v) is 12.4. The van der Waals surface area contributed by atoms with E-state index in [1.165, 1.54) is 13.1 Å². The number of carbonyl (C=O) groups excluding carboxylic acids is 1. The first kappa shape index (κ1) is 15.5. The topological polar surface area (TPSA) is 61.7 Å². The van der Waals surface area contributed by atoms with Crippen molar-refractivity contribution in [3.63, 3.8) is 0 Å². The van der Waals surface area contributed by atoms with Gasteiger partial charge in [0.15, 0.2) is 0 Å². The van der Waals surface area contributed by atoms with Crippen molar-refractivity contribution in [1.82, 2.24) is 0 Å². The van der Waals surface area contributed by atoms with Crippen LogP contribution in [0.5, 0.6) is 0 Å². The number of aliphatic hydroxyl groups is 1. The molecule has 0 aromatic heterocycles. The van der Waals surface area contributed by atoms with E-state index in [1.54, 1.807) is 12.1 Å². The van der Waals surface area contributed by atoms with Crippen LogP contribution in [0.15, 0.2) is 77.0 Å². The van der Waals surface area contributed by atoms with Crippen LogP contribution >= 0.6 is 0 Å². The number of nitrogens with one attached hydrogen (secondary N) is 1. The minimum atomic E-state index is -0.386. The number of hydrogen-bond acceptors (Lipinski definition) is 3. The Balaban J connectivity index is 2.04. The minimum Gasteiger partial charge on any atom is -0.512 e. The van der Waals surface area contributed by atoms with Crippen molar-refractivity contribution in [2.24, 2.45) is 4.99 Å². The van der Waals surface area contributed by atoms with Crippen molar-refractivity contribution in [3.05, 3.63) is 77.6 Å². The Hall–Kier alpha value is -2.88. The fraction of sp³-hybridized carbons (Fsp3) is 0.111. The lowest BCUT2D eigenvalue weighted by Crippen LogP contribution is -2.16. The molecule has 2 N–H and O–H groups in total. The van der Waals surface area contributed by atoms with E-state index in [9.17, 15) is 9.90 Å². The van der Waals surface area contributed by atoms with Gasteiger partial charge < -0.3 is 10.4 Å². The Morgan fingerprint density at radius 3 is 2.27 bits per heavy atom. The summed E-state index contributed by atoms with van der Waals surface area (Å²) in [6, 6.07) is 18.8. The molecular formula is C18H18N2O2. The fourth-order valence-corrected chi connectivity index (χ4v) is 1.86. The van der Waals surface area contributed by atoms with Crippen molar-refractivity contribution in [3.8, 4) is 0 Å². The lowest BCUT2D eigenvalue weighted by molar-refractivity contribution is -0.112. The molecule has 0 heterocycles. The molecule has 2 aromatic carbocycles. The highest BCUT2D eigenvalue weighted by molar-refractivity contribution is 6.18. The van der Waals surface area contributed by atoms with Crippen LogP contribution < -0.4 is 5.32 Å². The predicted octanol–water partition coefficient (Wildman–Crippen LogP) is 3.73. The number of benzene rings is 2. The molecule has 0 aliphatic heterocycles. The average Bonchev–Trinajstić information content (AvgIpc) is 2.53. The molecule has 4 nitrogen and oxygen atoms in total. The summed E-state index contributed by atoms with van der Waals surface area (Å²) >= 11 is 0. The third kappa shape index (κ3) is 4.59. The molecule has 0 spiro atoms. The van der Waals surface area contributed by atoms with Crippen LogP contribution in [0, 0.1) is 0 Å². The van der Waals surface area contributed by atoms with Gasteiger partial charge in [-0.2, -0.15) is 0 Å². The van der Waals surface area contributed by atoms with Crippen LogP contribution in [0.3, 0.4) is 0 Å². The Labute approximate surface area is 129 Å². The molecule has 0 aliphatic carbocycles. The number of nitrogens with zero attached hydrogens (tertiary/aromatic N) is 1. The minimum absolute atomic E-state index is 0.0646. The van der Waals surface area contributed by atoms with Crippen LogP contribution in [0.4, 0.5) is 5.69 Å². The molecule has 22 heavy (non-hydrogen) atoms. The molecule has 112 valence electrons. The number of hydrogen-bond donors (Lipinski definition) is 2. The normalized spacial score (nSPS) is 12.0. The lowest BCUT2D eigenvalue weighted by Gasteiger charge is -2.06. The van der Waals surface area contributed by atoms with Crippen molar-refractivity contribution in [1.29, 1.82) is 0 Å². The van der Waals surface area contributed by atoms with Crippen LogP contribution in [-0.2, 0) is 11.3 Å². The first-order valence-electron chi connectivity index (χ1n) is 6.97. The SMILES string of the molecule is C/C(O)=C(/C=NCc1ccccc1)C(=O)Nc1ccccc1. The van der Waals surface area contributed by atoms with Gasteiger partial charge in [-0.25, -0.2) is 0 Å². The number of aliphatic hydroxyl groups excluding tert-OH is 1. The van der Waals surface area contributed by atoms with E-state index in [0.29, 0.717) is 12.2 Å². The quantitative estimate of drug-likeness (QED) is 0.501. The number of carbonyl (C=O) groups is 1. The smallest absolute Gasteiger partial charge is 0.260 e. The number of para-hydroxylation sites is 1. The maximum Gasteiger partial charge on any atom is 0.260 e. The first-order chi connectivity index (χ1) is 10.7. The van der Waals surface area contributed by atoms with Gasteiger partial charge in [-0.3, -0.25) is 9.79 Å². The van der Waals surface area contributed by atoms with E-state index in [-0.39, 0.29) is 17.2 Å². The third-order valence-electron chi connectivity index (χ3n) is 3.00. The second-order valence-corrected chi connectivity index (χ2v) is 4.77. The molecule has 0 radical (unpaired) electrons. The Kier molecular flexibility index (Phi) is 5.49. The van der Waals surface area contributed by atoms with E-state index in [4.69, 9.17) is 0 Å². The second kappa shape index (κ2) is 7.78. The number of amides is 1. The highest BCUT2D eigenvalue weighted by Crippen LogP contribution is 2.09. The summed E-state index contributed by atoms with van der Waals surface area (Å²) < 4.78 is 0. The molecular weight excluding hydrogens is 276 g/mol. The number of rotatable bonds is 5. The van der Waals surface area contributed by atoms with Gasteiger partial charge in [0.2, 0.25) is 0 Å². The highest BCUT2D eigenvalue weighted by Gasteiger charge is 2.11. The molecule has 2 aromatic rings. The molecule has 0 aliphatic rings. The van der Waals surface area contributed by atoms with Crippen LogP contribution in [-0.4, -0.2) is 17.2 Å². The van der Waals surface area contributed by atoms with E-state index in [1.807, 2.05) is 48.5 Å². The van der Waals surface area contributed by atoms with Crippen LogP contribution in [0.25, 0.3) is 0 Å². The zero-order chi connectivity index (χ0) is 15.8. The maximum absolute atomic E-state index is 12.2. The third-order valence-corrected chi connectivity index (χ3v) is 3.00. The van der Waals surface area contributed by atoms with Crippen LogP contribution in [0.2, 0.25) is 0 Å². The summed E-state index contributed by atoms with van der Waals surface area (Å²) in [5, 5.41) is 12.4. The van der Waals surface area contributed by atoms with Gasteiger partial charge in [0.05, 0.1) is 12.1 Å². The molecule has 0 bridgehead atoms. The zero-order valence-electron chi connectivity index (χ0n) is 12.4. The Morgan fingerprint density at radius 2 is 1.68 bits per heavy atom. The Bertz CT molecular complexity index is 673. The largest absolute Gasteiger partial charge is 0.512 e. The molecule has 4 heteroatoms. The Morgan fingerprint density at radius 1 is 1.09 bits per heavy atom. The van der Waals surface area contributed by atoms with E-state index in [0.717, 1.165) is 5.56 Å². The maximum atomic E-state index is 12.2. The van der Waals surface area contributed by atoms with Crippen LogP contribution in [0.1, 0.15) is 12.5 Å². The first-order valence-corrected chi connectivity index (χ1v) is 6.97. The summed E-state index contributed by atoms with van der Waals surface area (Å²) in [7, 11) is 0. The van der Waals surface area contributed by atoms with Crippen molar-refractivity contribution >= 4 is 17.8 Å². The molecule has 0 saturated heterocycles. The number of allylic oxidation sites excluding steroid dienone is 1. The van der Waals surface area contributed by atoms with Crippen molar-refractivity contribution in [2.75, 3.05) is 5.32 Å². The molecule has 1 amide bonds. The van der Waals surface area contributed by atoms with Crippen molar-refractivity contribution < 1.29 is 9.90 Å². The summed E-state index contributed by atoms with van der Waals surface area (Å²) in [6.07, 6.45) is 1.40. The highest BCUT2D eigenvalue weighted by atomic mass is 16.3. The van der Waals surface area contributed by atoms with Gasteiger partial charge >= 0.3 is 0 Å². The monoisotopic (exact) mass is 294 g/mol. The number of aliphatic imine (C=N–C) groups is 1. The standard InChI is InChI=1S/C18H18N2O2/c1-14(21)17(13-19-12-15-8-4-2-5-9-15)18(22)20-16-10-6-3-7-11-16/h2-11,13,21H,12H2,1H3,(H,20,22)/b17-14+,19-13?. The van der Waals surface area contributed by atoms with Gasteiger partial charge in [0.1, 0.15) is 5.76 Å². The predicted molar refractivity (Wildman–Crippen MR) is 89.0 cm³/mol. The molecule has 0 atom stereocenters. The molecule has 2 rings (SSSR count). The molecule has 0 saturated carbocycles. The summed E-state index contributed by atoms with van der Waals surface area (Å²) in [6.45, 7) is 1.92. The van der Waals surface area contributed by atoms with Gasteiger partial charge in [-0.05, 0) is 24.6 Å². The molecule has 0 unspecified atom stereocenters. The van der Waals surface area contributed by atoms with E-state index in [2.05, 4.69) is 10.3 Å². The van der Waals surface area contributed by atoms with Gasteiger partial charge in [0, 0.05) is 11.9 Å². The van der Waals surface area contributed by atoms with E-state index >= 15 is 0 Å².